The van der Waals surface area contributed by atoms with Crippen LogP contribution in [-0.2, 0) is 0 Å². The number of hydrogen-bond acceptors (Lipinski definition) is 3. The second kappa shape index (κ2) is 3.99. The summed E-state index contributed by atoms with van der Waals surface area (Å²) in [6, 6.07) is 1.56. The SMILES string of the molecule is C[Si](C)(C)C#Cc1cc(C(=O)[O-])cs1. The number of aromatic carboxylic acids is 1. The highest BCUT2D eigenvalue weighted by Crippen LogP contribution is 2.13. The summed E-state index contributed by atoms with van der Waals surface area (Å²) in [6.07, 6.45) is 0. The molecule has 0 radical (unpaired) electrons. The van der Waals surface area contributed by atoms with Crippen molar-refractivity contribution in [2.75, 3.05) is 0 Å². The number of rotatable bonds is 1. The van der Waals surface area contributed by atoms with E-state index in [1.807, 2.05) is 0 Å². The third-order valence-corrected chi connectivity index (χ3v) is 3.12. The lowest BCUT2D eigenvalue weighted by Crippen LogP contribution is -2.21. The first-order valence-corrected chi connectivity index (χ1v) is 8.59. The van der Waals surface area contributed by atoms with Crippen LogP contribution in [0.4, 0.5) is 0 Å². The highest BCUT2D eigenvalue weighted by Gasteiger charge is 2.07. The van der Waals surface area contributed by atoms with Crippen molar-refractivity contribution < 1.29 is 9.90 Å². The molecule has 1 rings (SSSR count). The Morgan fingerprint density at radius 1 is 1.50 bits per heavy atom. The summed E-state index contributed by atoms with van der Waals surface area (Å²) in [5.41, 5.74) is 3.39. The van der Waals surface area contributed by atoms with Crippen molar-refractivity contribution in [2.24, 2.45) is 0 Å². The van der Waals surface area contributed by atoms with Crippen molar-refractivity contribution in [3.05, 3.63) is 21.9 Å². The summed E-state index contributed by atoms with van der Waals surface area (Å²) in [4.78, 5) is 11.3. The van der Waals surface area contributed by atoms with Crippen molar-refractivity contribution in [1.82, 2.24) is 0 Å². The first-order valence-electron chi connectivity index (χ1n) is 4.21. The number of thiophene rings is 1. The first kappa shape index (κ1) is 11.0. The Labute approximate surface area is 88.6 Å². The second-order valence-corrected chi connectivity index (χ2v) is 9.65. The lowest BCUT2D eigenvalue weighted by molar-refractivity contribution is -0.255. The van der Waals surface area contributed by atoms with Crippen LogP contribution in [0.1, 0.15) is 15.2 Å². The summed E-state index contributed by atoms with van der Waals surface area (Å²) in [5, 5.41) is 12.0. The minimum Gasteiger partial charge on any atom is -0.545 e. The zero-order valence-corrected chi connectivity index (χ0v) is 10.2. The summed E-state index contributed by atoms with van der Waals surface area (Å²) < 4.78 is 0. The summed E-state index contributed by atoms with van der Waals surface area (Å²) in [6.45, 7) is 6.44. The van der Waals surface area contributed by atoms with Gasteiger partial charge in [-0.1, -0.05) is 25.6 Å². The lowest BCUT2D eigenvalue weighted by atomic mass is 10.3. The molecular formula is C10H11O2SSi-. The molecular weight excluding hydrogens is 212 g/mol. The number of carboxylic acid groups (broad SMARTS) is 1. The van der Waals surface area contributed by atoms with Crippen molar-refractivity contribution >= 4 is 25.4 Å². The van der Waals surface area contributed by atoms with Crippen LogP contribution in [0.2, 0.25) is 19.6 Å². The van der Waals surface area contributed by atoms with E-state index >= 15 is 0 Å². The largest absolute Gasteiger partial charge is 0.545 e. The standard InChI is InChI=1S/C10H12O2SSi/c1-14(2,3)5-4-9-6-8(7-13-9)10(11)12/h6-7H,1-3H3,(H,11,12)/p-1. The molecule has 0 aliphatic carbocycles. The van der Waals surface area contributed by atoms with Crippen LogP contribution in [0.25, 0.3) is 0 Å². The molecule has 4 heteroatoms. The average Bonchev–Trinajstić information content (AvgIpc) is 2.47. The molecule has 0 saturated carbocycles. The van der Waals surface area contributed by atoms with Gasteiger partial charge in [-0.2, -0.15) is 0 Å². The zero-order valence-electron chi connectivity index (χ0n) is 8.38. The Kier molecular flexibility index (Phi) is 3.14. The van der Waals surface area contributed by atoms with Crippen LogP contribution in [0.5, 0.6) is 0 Å². The number of carbonyl (C=O) groups excluding carboxylic acids is 1. The van der Waals surface area contributed by atoms with E-state index in [9.17, 15) is 9.90 Å². The Morgan fingerprint density at radius 2 is 2.14 bits per heavy atom. The Morgan fingerprint density at radius 3 is 2.57 bits per heavy atom. The smallest absolute Gasteiger partial charge is 0.129 e. The Hall–Kier alpha value is -1.05. The van der Waals surface area contributed by atoms with Crippen LogP contribution < -0.4 is 5.11 Å². The molecule has 0 spiro atoms. The molecule has 14 heavy (non-hydrogen) atoms. The normalized spacial score (nSPS) is 10.5. The van der Waals surface area contributed by atoms with Gasteiger partial charge in [-0.25, -0.2) is 0 Å². The van der Waals surface area contributed by atoms with Gasteiger partial charge >= 0.3 is 0 Å². The monoisotopic (exact) mass is 223 g/mol. The van der Waals surface area contributed by atoms with Gasteiger partial charge in [0.05, 0.1) is 10.8 Å². The van der Waals surface area contributed by atoms with Crippen LogP contribution in [-0.4, -0.2) is 14.0 Å². The fourth-order valence-electron chi connectivity index (χ4n) is 0.758. The minimum absolute atomic E-state index is 0.217. The average molecular weight is 223 g/mol. The molecule has 0 N–H and O–H groups in total. The maximum atomic E-state index is 10.5. The molecule has 0 bridgehead atoms. The van der Waals surface area contributed by atoms with E-state index < -0.39 is 14.0 Å². The fourth-order valence-corrected chi connectivity index (χ4v) is 2.08. The highest BCUT2D eigenvalue weighted by molar-refractivity contribution is 7.10. The molecule has 74 valence electrons. The topological polar surface area (TPSA) is 40.1 Å². The molecule has 1 aromatic heterocycles. The van der Waals surface area contributed by atoms with Gasteiger partial charge in [0.2, 0.25) is 0 Å². The van der Waals surface area contributed by atoms with E-state index in [2.05, 4.69) is 31.1 Å². The zero-order chi connectivity index (χ0) is 10.8. The predicted octanol–water partition coefficient (Wildman–Crippen LogP) is 1.34. The van der Waals surface area contributed by atoms with E-state index in [0.29, 0.717) is 0 Å². The molecule has 0 fully saturated rings. The highest BCUT2D eigenvalue weighted by atomic mass is 32.1. The van der Waals surface area contributed by atoms with Gasteiger partial charge in [0, 0.05) is 10.9 Å². The molecule has 0 unspecified atom stereocenters. The molecule has 0 aliphatic heterocycles. The third-order valence-electron chi connectivity index (χ3n) is 1.40. The van der Waals surface area contributed by atoms with E-state index in [1.165, 1.54) is 11.3 Å². The van der Waals surface area contributed by atoms with Gasteiger partial charge in [0.1, 0.15) is 8.07 Å². The van der Waals surface area contributed by atoms with Crippen LogP contribution in [0, 0.1) is 11.5 Å². The van der Waals surface area contributed by atoms with Crippen molar-refractivity contribution in [3.63, 3.8) is 0 Å². The van der Waals surface area contributed by atoms with Gasteiger partial charge < -0.3 is 9.90 Å². The summed E-state index contributed by atoms with van der Waals surface area (Å²) >= 11 is 1.35. The number of carbonyl (C=O) groups is 1. The van der Waals surface area contributed by atoms with E-state index in [-0.39, 0.29) is 5.56 Å². The Balaban J connectivity index is 2.87. The van der Waals surface area contributed by atoms with E-state index in [0.717, 1.165) is 4.88 Å². The molecule has 0 aliphatic rings. The van der Waals surface area contributed by atoms with Gasteiger partial charge in [0.15, 0.2) is 0 Å². The summed E-state index contributed by atoms with van der Waals surface area (Å²) in [7, 11) is -1.38. The number of hydrogen-bond donors (Lipinski definition) is 0. The van der Waals surface area contributed by atoms with Crippen LogP contribution >= 0.6 is 11.3 Å². The van der Waals surface area contributed by atoms with E-state index in [4.69, 9.17) is 0 Å². The second-order valence-electron chi connectivity index (χ2n) is 3.99. The molecule has 1 heterocycles. The molecule has 2 nitrogen and oxygen atoms in total. The maximum absolute atomic E-state index is 10.5. The quantitative estimate of drug-likeness (QED) is 0.532. The minimum atomic E-state index is -1.38. The molecule has 0 amide bonds. The predicted molar refractivity (Wildman–Crippen MR) is 58.9 cm³/mol. The maximum Gasteiger partial charge on any atom is 0.129 e. The van der Waals surface area contributed by atoms with Crippen molar-refractivity contribution in [2.45, 2.75) is 19.6 Å². The number of carboxylic acids is 1. The molecule has 0 saturated heterocycles. The van der Waals surface area contributed by atoms with Gasteiger partial charge in [-0.15, -0.1) is 16.9 Å². The van der Waals surface area contributed by atoms with Crippen molar-refractivity contribution in [3.8, 4) is 11.5 Å². The van der Waals surface area contributed by atoms with Gasteiger partial charge in [-0.05, 0) is 6.07 Å². The lowest BCUT2D eigenvalue weighted by Gasteiger charge is -2.02. The fraction of sp³-hybridized carbons (Fsp3) is 0.300. The van der Waals surface area contributed by atoms with Crippen LogP contribution in [0.15, 0.2) is 11.4 Å². The van der Waals surface area contributed by atoms with Gasteiger partial charge in [-0.3, -0.25) is 0 Å². The molecule has 0 atom stereocenters. The Bertz CT molecular complexity index is 404. The van der Waals surface area contributed by atoms with Crippen molar-refractivity contribution in [1.29, 1.82) is 0 Å². The molecule has 0 aromatic carbocycles. The third kappa shape index (κ3) is 3.36. The van der Waals surface area contributed by atoms with Crippen LogP contribution in [0.3, 0.4) is 0 Å². The molecule has 1 aromatic rings. The van der Waals surface area contributed by atoms with Gasteiger partial charge in [0.25, 0.3) is 0 Å². The first-order chi connectivity index (χ1) is 6.38. The van der Waals surface area contributed by atoms with E-state index in [1.54, 1.807) is 11.4 Å². The summed E-state index contributed by atoms with van der Waals surface area (Å²) in [5.74, 6) is 1.86.